The van der Waals surface area contributed by atoms with E-state index >= 15 is 0 Å². The summed E-state index contributed by atoms with van der Waals surface area (Å²) in [5.41, 5.74) is 9.50. The van der Waals surface area contributed by atoms with Gasteiger partial charge in [-0.2, -0.15) is 4.98 Å². The molecule has 0 amide bonds. The summed E-state index contributed by atoms with van der Waals surface area (Å²) in [4.78, 5) is 11.2. The lowest BCUT2D eigenvalue weighted by molar-refractivity contribution is 0.331. The van der Waals surface area contributed by atoms with E-state index in [0.717, 1.165) is 37.3 Å². The Hall–Kier alpha value is -2.14. The van der Waals surface area contributed by atoms with E-state index in [0.29, 0.717) is 12.0 Å². The molecule has 2 heterocycles. The third-order valence-corrected chi connectivity index (χ3v) is 4.93. The first-order chi connectivity index (χ1) is 12.6. The number of nitrogen functional groups attached to an aromatic ring is 1. The molecule has 140 valence electrons. The maximum Gasteiger partial charge on any atom is 0.222 e. The van der Waals surface area contributed by atoms with E-state index in [1.807, 2.05) is 6.07 Å². The van der Waals surface area contributed by atoms with Gasteiger partial charge < -0.3 is 11.1 Å². The predicted octanol–water partition coefficient (Wildman–Crippen LogP) is 3.85. The minimum absolute atomic E-state index is 0.333. The van der Waals surface area contributed by atoms with Crippen LogP contribution in [0.25, 0.3) is 0 Å². The first-order valence-corrected chi connectivity index (χ1v) is 9.82. The molecule has 0 spiro atoms. The van der Waals surface area contributed by atoms with Crippen LogP contribution in [0.5, 0.6) is 0 Å². The first-order valence-electron chi connectivity index (χ1n) is 9.82. The van der Waals surface area contributed by atoms with Crippen molar-refractivity contribution < 1.29 is 0 Å². The van der Waals surface area contributed by atoms with Crippen molar-refractivity contribution >= 4 is 11.8 Å². The summed E-state index contributed by atoms with van der Waals surface area (Å²) in [5.74, 6) is 1.15. The van der Waals surface area contributed by atoms with Crippen LogP contribution in [-0.2, 0) is 13.0 Å². The van der Waals surface area contributed by atoms with Crippen LogP contribution in [0.15, 0.2) is 30.3 Å². The second-order valence-corrected chi connectivity index (χ2v) is 7.41. The van der Waals surface area contributed by atoms with Crippen LogP contribution in [-0.4, -0.2) is 34.0 Å². The summed E-state index contributed by atoms with van der Waals surface area (Å²) in [6, 6.07) is 11.3. The van der Waals surface area contributed by atoms with E-state index < -0.39 is 0 Å². The number of benzene rings is 1. The Kier molecular flexibility index (Phi) is 6.45. The number of rotatable bonds is 8. The second-order valence-electron chi connectivity index (χ2n) is 7.41. The molecular formula is C21H31N5. The van der Waals surface area contributed by atoms with Crippen molar-refractivity contribution in [3.8, 4) is 0 Å². The summed E-state index contributed by atoms with van der Waals surface area (Å²) in [7, 11) is 0. The van der Waals surface area contributed by atoms with E-state index in [9.17, 15) is 0 Å². The highest BCUT2D eigenvalue weighted by Crippen LogP contribution is 2.17. The van der Waals surface area contributed by atoms with Crippen LogP contribution in [0.3, 0.4) is 0 Å². The minimum atomic E-state index is 0.333. The van der Waals surface area contributed by atoms with Gasteiger partial charge in [-0.05, 0) is 50.4 Å². The summed E-state index contributed by atoms with van der Waals surface area (Å²) >= 11 is 0. The molecule has 3 rings (SSSR count). The predicted molar refractivity (Wildman–Crippen MR) is 108 cm³/mol. The fourth-order valence-corrected chi connectivity index (χ4v) is 3.61. The molecule has 1 fully saturated rings. The van der Waals surface area contributed by atoms with Crippen molar-refractivity contribution in [1.29, 1.82) is 0 Å². The van der Waals surface area contributed by atoms with Crippen LogP contribution in [0.4, 0.5) is 11.8 Å². The molecular weight excluding hydrogens is 322 g/mol. The number of anilines is 2. The topological polar surface area (TPSA) is 67.1 Å². The number of hydrogen-bond acceptors (Lipinski definition) is 5. The van der Waals surface area contributed by atoms with Crippen LogP contribution in [0.1, 0.15) is 56.4 Å². The van der Waals surface area contributed by atoms with Crippen LogP contribution in [0, 0.1) is 0 Å². The van der Waals surface area contributed by atoms with E-state index in [-0.39, 0.29) is 0 Å². The van der Waals surface area contributed by atoms with Crippen molar-refractivity contribution in [2.24, 2.45) is 0 Å². The quantitative estimate of drug-likeness (QED) is 0.754. The Morgan fingerprint density at radius 2 is 1.81 bits per heavy atom. The van der Waals surface area contributed by atoms with Gasteiger partial charge in [0.05, 0.1) is 5.69 Å². The summed E-state index contributed by atoms with van der Waals surface area (Å²) in [5, 5.41) is 3.42. The summed E-state index contributed by atoms with van der Waals surface area (Å²) < 4.78 is 0. The highest BCUT2D eigenvalue weighted by molar-refractivity contribution is 5.42. The van der Waals surface area contributed by atoms with Gasteiger partial charge in [0.2, 0.25) is 5.95 Å². The molecule has 1 unspecified atom stereocenters. The number of aromatic nitrogens is 2. The largest absolute Gasteiger partial charge is 0.368 e. The standard InChI is InChI=1S/C21H31N5/c1-3-6-16(2)23-20-14-19(24-21(22)25-20)13-17-7-9-18(10-8-17)15-26-11-4-5-12-26/h7-10,14,16H,3-6,11-13,15H2,1-2H3,(H3,22,23,24,25). The van der Waals surface area contributed by atoms with Gasteiger partial charge in [-0.25, -0.2) is 4.98 Å². The van der Waals surface area contributed by atoms with Crippen molar-refractivity contribution in [3.05, 3.63) is 47.2 Å². The van der Waals surface area contributed by atoms with Gasteiger partial charge in [0.25, 0.3) is 0 Å². The molecule has 5 nitrogen and oxygen atoms in total. The molecule has 26 heavy (non-hydrogen) atoms. The zero-order chi connectivity index (χ0) is 18.4. The van der Waals surface area contributed by atoms with E-state index in [1.54, 1.807) is 0 Å². The summed E-state index contributed by atoms with van der Waals surface area (Å²) in [6.07, 6.45) is 5.69. The molecule has 1 saturated heterocycles. The Labute approximate surface area is 157 Å². The smallest absolute Gasteiger partial charge is 0.222 e. The van der Waals surface area contributed by atoms with Crippen molar-refractivity contribution in [2.45, 2.75) is 58.5 Å². The number of nitrogens with two attached hydrogens (primary N) is 1. The molecule has 0 radical (unpaired) electrons. The van der Waals surface area contributed by atoms with Gasteiger partial charge in [-0.3, -0.25) is 4.90 Å². The molecule has 5 heteroatoms. The third-order valence-electron chi connectivity index (χ3n) is 4.93. The molecule has 0 bridgehead atoms. The Morgan fingerprint density at radius 1 is 1.12 bits per heavy atom. The maximum absolute atomic E-state index is 5.91. The second kappa shape index (κ2) is 8.99. The van der Waals surface area contributed by atoms with E-state index in [2.05, 4.69) is 58.3 Å². The van der Waals surface area contributed by atoms with Crippen molar-refractivity contribution in [2.75, 3.05) is 24.1 Å². The lowest BCUT2D eigenvalue weighted by Crippen LogP contribution is -2.18. The SMILES string of the molecule is CCCC(C)Nc1cc(Cc2ccc(CN3CCCC3)cc2)nc(N)n1. The van der Waals surface area contributed by atoms with Gasteiger partial charge in [-0.15, -0.1) is 0 Å². The third kappa shape index (κ3) is 5.43. The molecule has 0 aliphatic carbocycles. The number of likely N-dealkylation sites (tertiary alicyclic amines) is 1. The zero-order valence-electron chi connectivity index (χ0n) is 16.0. The number of nitrogens with zero attached hydrogens (tertiary/aromatic N) is 3. The van der Waals surface area contributed by atoms with E-state index in [1.165, 1.54) is 37.1 Å². The maximum atomic E-state index is 5.91. The van der Waals surface area contributed by atoms with Crippen molar-refractivity contribution in [1.82, 2.24) is 14.9 Å². The average Bonchev–Trinajstić information content (AvgIpc) is 3.09. The molecule has 1 aromatic carbocycles. The van der Waals surface area contributed by atoms with Crippen LogP contribution >= 0.6 is 0 Å². The molecule has 1 aromatic heterocycles. The first kappa shape index (κ1) is 18.6. The lowest BCUT2D eigenvalue weighted by Gasteiger charge is -2.15. The number of hydrogen-bond donors (Lipinski definition) is 2. The molecule has 1 aliphatic heterocycles. The molecule has 1 aliphatic rings. The molecule has 2 aromatic rings. The zero-order valence-corrected chi connectivity index (χ0v) is 16.0. The Morgan fingerprint density at radius 3 is 2.50 bits per heavy atom. The fourth-order valence-electron chi connectivity index (χ4n) is 3.61. The molecule has 1 atom stereocenters. The van der Waals surface area contributed by atoms with E-state index in [4.69, 9.17) is 5.73 Å². The van der Waals surface area contributed by atoms with Crippen LogP contribution < -0.4 is 11.1 Å². The highest BCUT2D eigenvalue weighted by Gasteiger charge is 2.12. The molecule has 0 saturated carbocycles. The molecule has 3 N–H and O–H groups in total. The van der Waals surface area contributed by atoms with Gasteiger partial charge >= 0.3 is 0 Å². The highest BCUT2D eigenvalue weighted by atomic mass is 15.1. The fraction of sp³-hybridized carbons (Fsp3) is 0.524. The van der Waals surface area contributed by atoms with Gasteiger partial charge in [-0.1, -0.05) is 37.6 Å². The van der Waals surface area contributed by atoms with Gasteiger partial charge in [0, 0.05) is 25.1 Å². The van der Waals surface area contributed by atoms with Crippen molar-refractivity contribution in [3.63, 3.8) is 0 Å². The van der Waals surface area contributed by atoms with Gasteiger partial charge in [0.15, 0.2) is 0 Å². The number of nitrogens with one attached hydrogen (secondary N) is 1. The Balaban J connectivity index is 1.63. The monoisotopic (exact) mass is 353 g/mol. The lowest BCUT2D eigenvalue weighted by atomic mass is 10.1. The van der Waals surface area contributed by atoms with Crippen LogP contribution in [0.2, 0.25) is 0 Å². The Bertz CT molecular complexity index is 692. The average molecular weight is 354 g/mol. The summed E-state index contributed by atoms with van der Waals surface area (Å²) in [6.45, 7) is 7.87. The minimum Gasteiger partial charge on any atom is -0.368 e. The normalized spacial score (nSPS) is 15.9. The van der Waals surface area contributed by atoms with Gasteiger partial charge in [0.1, 0.15) is 5.82 Å².